The van der Waals surface area contributed by atoms with E-state index in [1.54, 1.807) is 17.6 Å². The van der Waals surface area contributed by atoms with E-state index in [1.807, 2.05) is 18.3 Å². The number of hydrogen-bond acceptors (Lipinski definition) is 4. The van der Waals surface area contributed by atoms with Crippen molar-refractivity contribution in [1.29, 1.82) is 0 Å². The average Bonchev–Trinajstić information content (AvgIpc) is 3.18. The van der Waals surface area contributed by atoms with E-state index in [9.17, 15) is 0 Å². The molecule has 0 aliphatic carbocycles. The van der Waals surface area contributed by atoms with Crippen molar-refractivity contribution < 1.29 is 4.42 Å². The molecule has 0 aliphatic heterocycles. The molecule has 0 bridgehead atoms. The van der Waals surface area contributed by atoms with Gasteiger partial charge in [0.1, 0.15) is 5.76 Å². The summed E-state index contributed by atoms with van der Waals surface area (Å²) in [7, 11) is 0. The molecule has 2 rings (SSSR count). The quantitative estimate of drug-likeness (QED) is 0.356. The summed E-state index contributed by atoms with van der Waals surface area (Å²) >= 11 is 1.74. The zero-order valence-corrected chi connectivity index (χ0v) is 17.7. The van der Waals surface area contributed by atoms with Gasteiger partial charge in [-0.2, -0.15) is 0 Å². The van der Waals surface area contributed by atoms with Crippen molar-refractivity contribution in [2.75, 3.05) is 13.1 Å². The van der Waals surface area contributed by atoms with Crippen LogP contribution >= 0.6 is 35.3 Å². The van der Waals surface area contributed by atoms with Crippen LogP contribution in [0.4, 0.5) is 0 Å². The van der Waals surface area contributed by atoms with Crippen LogP contribution in [0.1, 0.15) is 35.9 Å². The topological polar surface area (TPSA) is 62.5 Å². The summed E-state index contributed by atoms with van der Waals surface area (Å²) in [5.74, 6) is 1.85. The van der Waals surface area contributed by atoms with E-state index in [2.05, 4.69) is 41.4 Å². The van der Waals surface area contributed by atoms with Crippen LogP contribution in [-0.4, -0.2) is 30.1 Å². The summed E-state index contributed by atoms with van der Waals surface area (Å²) in [6, 6.07) is 4.30. The highest BCUT2D eigenvalue weighted by molar-refractivity contribution is 14.0. The minimum atomic E-state index is 0. The fourth-order valence-electron chi connectivity index (χ4n) is 2.03. The monoisotopic (exact) mass is 462 g/mol. The molecular weight excluding hydrogens is 435 g/mol. The third-order valence-corrected chi connectivity index (χ3v) is 4.48. The molecule has 5 nitrogen and oxygen atoms in total. The highest BCUT2D eigenvalue weighted by Crippen LogP contribution is 2.11. The summed E-state index contributed by atoms with van der Waals surface area (Å²) in [6.45, 7) is 7.94. The first-order chi connectivity index (χ1) is 11.2. The lowest BCUT2D eigenvalue weighted by atomic mass is 10.3. The highest BCUT2D eigenvalue weighted by atomic mass is 127. The van der Waals surface area contributed by atoms with Crippen molar-refractivity contribution in [3.63, 3.8) is 0 Å². The Bertz CT molecular complexity index is 598. The number of nitrogens with one attached hydrogen (secondary N) is 2. The summed E-state index contributed by atoms with van der Waals surface area (Å²) in [5, 5.41) is 7.95. The highest BCUT2D eigenvalue weighted by Gasteiger charge is 2.05. The number of rotatable bonds is 8. The predicted molar refractivity (Wildman–Crippen MR) is 112 cm³/mol. The number of hydrogen-bond donors (Lipinski definition) is 2. The van der Waals surface area contributed by atoms with E-state index in [0.717, 1.165) is 49.1 Å². The van der Waals surface area contributed by atoms with Gasteiger partial charge in [0.25, 0.3) is 0 Å². The van der Waals surface area contributed by atoms with Crippen LogP contribution in [0.25, 0.3) is 0 Å². The Morgan fingerprint density at radius 2 is 2.25 bits per heavy atom. The molecule has 0 saturated carbocycles. The van der Waals surface area contributed by atoms with E-state index < -0.39 is 0 Å². The first-order valence-electron chi connectivity index (χ1n) is 8.16. The Morgan fingerprint density at radius 1 is 1.42 bits per heavy atom. The van der Waals surface area contributed by atoms with Gasteiger partial charge in [-0.15, -0.1) is 35.3 Å². The van der Waals surface area contributed by atoms with Gasteiger partial charge >= 0.3 is 0 Å². The zero-order chi connectivity index (χ0) is 16.5. The standard InChI is InChI=1S/C17H26N4OS.HI/c1-4-13(2)21-17(18-9-7-15-6-5-11-22-15)19-10-8-16-20-12-14(3)23-16;/h5-6,11-13H,4,7-10H2,1-3H3,(H2,18,19,21);1H. The number of nitrogens with zero attached hydrogens (tertiary/aromatic N) is 2. The minimum Gasteiger partial charge on any atom is -0.469 e. The molecule has 2 heterocycles. The number of aromatic nitrogens is 1. The van der Waals surface area contributed by atoms with Crippen LogP contribution in [0.2, 0.25) is 0 Å². The lowest BCUT2D eigenvalue weighted by molar-refractivity contribution is 0.506. The Hall–Kier alpha value is -1.09. The van der Waals surface area contributed by atoms with Gasteiger partial charge in [-0.05, 0) is 32.4 Å². The Labute approximate surface area is 165 Å². The molecule has 0 saturated heterocycles. The largest absolute Gasteiger partial charge is 0.469 e. The average molecular weight is 462 g/mol. The lowest BCUT2D eigenvalue weighted by Crippen LogP contribution is -2.43. The van der Waals surface area contributed by atoms with Crippen LogP contribution in [-0.2, 0) is 12.8 Å². The maximum Gasteiger partial charge on any atom is 0.191 e. The van der Waals surface area contributed by atoms with Gasteiger partial charge in [0, 0.05) is 43.0 Å². The molecule has 2 aromatic heterocycles. The van der Waals surface area contributed by atoms with Crippen LogP contribution in [0.3, 0.4) is 0 Å². The molecule has 0 fully saturated rings. The number of guanidine groups is 1. The summed E-state index contributed by atoms with van der Waals surface area (Å²) in [5.41, 5.74) is 0. The van der Waals surface area contributed by atoms with Crippen molar-refractivity contribution in [2.24, 2.45) is 4.99 Å². The maximum atomic E-state index is 5.35. The molecule has 0 spiro atoms. The van der Waals surface area contributed by atoms with Crippen LogP contribution in [0, 0.1) is 6.92 Å². The van der Waals surface area contributed by atoms with Crippen molar-refractivity contribution >= 4 is 41.3 Å². The Balaban J connectivity index is 0.00000288. The number of aryl methyl sites for hydroxylation is 1. The van der Waals surface area contributed by atoms with Gasteiger partial charge in [-0.3, -0.25) is 4.99 Å². The second-order valence-electron chi connectivity index (χ2n) is 5.55. The molecule has 0 aliphatic rings. The third-order valence-electron chi connectivity index (χ3n) is 3.50. The van der Waals surface area contributed by atoms with Crippen LogP contribution < -0.4 is 10.6 Å². The molecule has 2 N–H and O–H groups in total. The molecule has 24 heavy (non-hydrogen) atoms. The first kappa shape index (κ1) is 21.0. The Morgan fingerprint density at radius 3 is 2.88 bits per heavy atom. The minimum absolute atomic E-state index is 0. The zero-order valence-electron chi connectivity index (χ0n) is 14.5. The normalized spacial score (nSPS) is 12.5. The van der Waals surface area contributed by atoms with Crippen LogP contribution in [0.5, 0.6) is 0 Å². The predicted octanol–water partition coefficient (Wildman–Crippen LogP) is 3.78. The van der Waals surface area contributed by atoms with Gasteiger partial charge in [-0.25, -0.2) is 4.98 Å². The van der Waals surface area contributed by atoms with Gasteiger partial charge in [0.2, 0.25) is 0 Å². The molecule has 134 valence electrons. The van der Waals surface area contributed by atoms with Crippen LogP contribution in [0.15, 0.2) is 34.0 Å². The molecular formula is C17H27IN4OS. The molecule has 1 atom stereocenters. The van der Waals surface area contributed by atoms with Crippen molar-refractivity contribution in [3.05, 3.63) is 40.2 Å². The fraction of sp³-hybridized carbons (Fsp3) is 0.529. The van der Waals surface area contributed by atoms with E-state index in [0.29, 0.717) is 6.04 Å². The van der Waals surface area contributed by atoms with Crippen molar-refractivity contribution in [2.45, 2.75) is 46.1 Å². The van der Waals surface area contributed by atoms with Gasteiger partial charge in [0.15, 0.2) is 5.96 Å². The van der Waals surface area contributed by atoms with E-state index in [4.69, 9.17) is 4.42 Å². The number of thiazole rings is 1. The maximum absolute atomic E-state index is 5.35. The van der Waals surface area contributed by atoms with Gasteiger partial charge in [0.05, 0.1) is 11.3 Å². The van der Waals surface area contributed by atoms with Crippen molar-refractivity contribution in [3.8, 4) is 0 Å². The molecule has 0 radical (unpaired) electrons. The van der Waals surface area contributed by atoms with Gasteiger partial charge < -0.3 is 15.1 Å². The SMILES string of the molecule is CCC(C)NC(=NCCc1ncc(C)s1)NCCc1ccco1.I. The van der Waals surface area contributed by atoms with E-state index in [-0.39, 0.29) is 24.0 Å². The number of aliphatic imine (C=N–C) groups is 1. The molecule has 0 amide bonds. The smallest absolute Gasteiger partial charge is 0.191 e. The molecule has 1 unspecified atom stereocenters. The lowest BCUT2D eigenvalue weighted by Gasteiger charge is -2.16. The first-order valence-corrected chi connectivity index (χ1v) is 8.97. The second kappa shape index (κ2) is 11.5. The van der Waals surface area contributed by atoms with E-state index >= 15 is 0 Å². The second-order valence-corrected chi connectivity index (χ2v) is 6.87. The van der Waals surface area contributed by atoms with Crippen molar-refractivity contribution in [1.82, 2.24) is 15.6 Å². The summed E-state index contributed by atoms with van der Waals surface area (Å²) in [6.07, 6.45) is 6.41. The summed E-state index contributed by atoms with van der Waals surface area (Å²) in [4.78, 5) is 10.3. The molecule has 0 aromatic carbocycles. The molecule has 2 aromatic rings. The van der Waals surface area contributed by atoms with Gasteiger partial charge in [-0.1, -0.05) is 6.92 Å². The molecule has 7 heteroatoms. The summed E-state index contributed by atoms with van der Waals surface area (Å²) < 4.78 is 5.35. The van der Waals surface area contributed by atoms with E-state index in [1.165, 1.54) is 4.88 Å². The Kier molecular flexibility index (Phi) is 10.0. The number of halogens is 1. The third kappa shape index (κ3) is 7.65. The fourth-order valence-corrected chi connectivity index (χ4v) is 2.80. The number of furan rings is 1.